The molecule has 2 aliphatic heterocycles. The molecule has 6 nitrogen and oxygen atoms in total. The third-order valence-corrected chi connectivity index (χ3v) is 7.15. The largest absolute Gasteiger partial charge is 0.377 e. The number of hydrogen-bond acceptors (Lipinski definition) is 4. The Morgan fingerprint density at radius 3 is 2.78 bits per heavy atom. The molecule has 0 bridgehead atoms. The quantitative estimate of drug-likeness (QED) is 0.565. The summed E-state index contributed by atoms with van der Waals surface area (Å²) < 4.78 is 12.1. The van der Waals surface area contributed by atoms with Crippen LogP contribution in [0.2, 0.25) is 0 Å². The van der Waals surface area contributed by atoms with Crippen molar-refractivity contribution in [2.45, 2.75) is 64.2 Å². The second-order valence-corrected chi connectivity index (χ2v) is 9.41. The molecule has 6 heteroatoms. The summed E-state index contributed by atoms with van der Waals surface area (Å²) in [6, 6.07) is 0.517. The van der Waals surface area contributed by atoms with Crippen molar-refractivity contribution in [2.24, 2.45) is 22.2 Å². The van der Waals surface area contributed by atoms with Crippen LogP contribution in [0, 0.1) is 17.3 Å². The van der Waals surface area contributed by atoms with Gasteiger partial charge in [0.25, 0.3) is 0 Å². The lowest BCUT2D eigenvalue weighted by Crippen LogP contribution is -2.69. The fourth-order valence-electron chi connectivity index (χ4n) is 6.04. The molecule has 2 aliphatic carbocycles. The first-order valence-electron chi connectivity index (χ1n) is 11.0. The van der Waals surface area contributed by atoms with E-state index in [1.807, 2.05) is 7.05 Å². The summed E-state index contributed by atoms with van der Waals surface area (Å²) in [6.07, 6.45) is 7.22. The zero-order valence-corrected chi connectivity index (χ0v) is 17.4. The van der Waals surface area contributed by atoms with Gasteiger partial charge >= 0.3 is 0 Å². The van der Waals surface area contributed by atoms with Crippen LogP contribution in [-0.2, 0) is 9.47 Å². The Morgan fingerprint density at radius 1 is 1.22 bits per heavy atom. The highest BCUT2D eigenvalue weighted by Crippen LogP contribution is 2.60. The van der Waals surface area contributed by atoms with Crippen molar-refractivity contribution in [1.29, 1.82) is 0 Å². The third kappa shape index (κ3) is 3.85. The number of ether oxygens (including phenoxy) is 2. The van der Waals surface area contributed by atoms with Crippen molar-refractivity contribution in [3.8, 4) is 0 Å². The Hall–Kier alpha value is -0.850. The van der Waals surface area contributed by atoms with Crippen molar-refractivity contribution in [2.75, 3.05) is 46.4 Å². The van der Waals surface area contributed by atoms with Crippen molar-refractivity contribution in [3.63, 3.8) is 0 Å². The molecule has 0 aromatic heterocycles. The smallest absolute Gasteiger partial charge is 0.191 e. The second-order valence-electron chi connectivity index (χ2n) is 9.41. The zero-order valence-electron chi connectivity index (χ0n) is 17.4. The molecule has 1 spiro atoms. The highest BCUT2D eigenvalue weighted by atomic mass is 16.5. The maximum atomic E-state index is 6.11. The minimum atomic E-state index is 0.237. The molecule has 27 heavy (non-hydrogen) atoms. The van der Waals surface area contributed by atoms with Crippen molar-refractivity contribution >= 4 is 5.96 Å². The summed E-state index contributed by atoms with van der Waals surface area (Å²) in [7, 11) is 1.88. The minimum Gasteiger partial charge on any atom is -0.377 e. The highest BCUT2D eigenvalue weighted by molar-refractivity contribution is 5.80. The molecule has 4 fully saturated rings. The molecule has 0 radical (unpaired) electrons. The van der Waals surface area contributed by atoms with Gasteiger partial charge in [-0.15, -0.1) is 0 Å². The van der Waals surface area contributed by atoms with Gasteiger partial charge in [0.1, 0.15) is 0 Å². The Kier molecular flexibility index (Phi) is 5.95. The first-order chi connectivity index (χ1) is 13.1. The number of fused-ring (bicyclic) bond motifs is 2. The van der Waals surface area contributed by atoms with E-state index in [0.717, 1.165) is 45.4 Å². The molecule has 154 valence electrons. The van der Waals surface area contributed by atoms with Crippen molar-refractivity contribution < 1.29 is 9.47 Å². The molecule has 2 N–H and O–H groups in total. The topological polar surface area (TPSA) is 58.1 Å². The zero-order chi connectivity index (χ0) is 18.9. The average molecular weight is 379 g/mol. The lowest BCUT2D eigenvalue weighted by Gasteiger charge is -2.57. The van der Waals surface area contributed by atoms with Gasteiger partial charge in [-0.25, -0.2) is 0 Å². The fraction of sp³-hybridized carbons (Fsp3) is 0.952. The van der Waals surface area contributed by atoms with Crippen LogP contribution in [0.1, 0.15) is 46.0 Å². The van der Waals surface area contributed by atoms with Gasteiger partial charge in [0, 0.05) is 57.2 Å². The van der Waals surface area contributed by atoms with Gasteiger partial charge in [-0.1, -0.05) is 26.7 Å². The summed E-state index contributed by atoms with van der Waals surface area (Å²) in [4.78, 5) is 7.04. The van der Waals surface area contributed by atoms with Crippen LogP contribution in [0.25, 0.3) is 0 Å². The molecular formula is C21H38N4O2. The monoisotopic (exact) mass is 378 g/mol. The van der Waals surface area contributed by atoms with Gasteiger partial charge in [0.15, 0.2) is 5.96 Å². The molecule has 0 aromatic carbocycles. The normalized spacial score (nSPS) is 36.1. The third-order valence-electron chi connectivity index (χ3n) is 7.15. The lowest BCUT2D eigenvalue weighted by atomic mass is 9.54. The van der Waals surface area contributed by atoms with E-state index in [4.69, 9.17) is 9.47 Å². The molecule has 4 atom stereocenters. The summed E-state index contributed by atoms with van der Waals surface area (Å²) >= 11 is 0. The number of nitrogens with zero attached hydrogens (tertiary/aromatic N) is 2. The Labute approximate surface area is 164 Å². The van der Waals surface area contributed by atoms with Gasteiger partial charge < -0.3 is 20.1 Å². The van der Waals surface area contributed by atoms with Crippen molar-refractivity contribution in [3.05, 3.63) is 0 Å². The predicted molar refractivity (Wildman–Crippen MR) is 108 cm³/mol. The summed E-state index contributed by atoms with van der Waals surface area (Å²) in [6.45, 7) is 10.4. The SMILES string of the molecule is CN=C(NCC1CN(CC(C)C)CCO1)NC1C2CCOC2C12CCCC2. The Balaban J connectivity index is 1.30. The maximum Gasteiger partial charge on any atom is 0.191 e. The van der Waals surface area contributed by atoms with E-state index in [-0.39, 0.29) is 6.10 Å². The second kappa shape index (κ2) is 8.26. The van der Waals surface area contributed by atoms with Crippen LogP contribution in [-0.4, -0.2) is 75.5 Å². The number of hydrogen-bond donors (Lipinski definition) is 2. The Morgan fingerprint density at radius 2 is 2.04 bits per heavy atom. The molecule has 4 aliphatic rings. The average Bonchev–Trinajstić information content (AvgIpc) is 3.30. The number of aliphatic imine (C=N–C) groups is 1. The van der Waals surface area contributed by atoms with Gasteiger partial charge in [0.05, 0.1) is 18.8 Å². The first-order valence-corrected chi connectivity index (χ1v) is 11.0. The number of rotatable bonds is 5. The molecule has 4 unspecified atom stereocenters. The summed E-state index contributed by atoms with van der Waals surface area (Å²) in [5.41, 5.74) is 0.355. The predicted octanol–water partition coefficient (Wildman–Crippen LogP) is 1.86. The lowest BCUT2D eigenvalue weighted by molar-refractivity contribution is -0.125. The molecule has 2 saturated heterocycles. The van der Waals surface area contributed by atoms with Crippen LogP contribution < -0.4 is 10.6 Å². The maximum absolute atomic E-state index is 6.11. The van der Waals surface area contributed by atoms with Crippen LogP contribution in [0.4, 0.5) is 0 Å². The molecule has 0 amide bonds. The van der Waals surface area contributed by atoms with Gasteiger partial charge in [-0.05, 0) is 25.2 Å². The molecule has 2 saturated carbocycles. The van der Waals surface area contributed by atoms with E-state index < -0.39 is 0 Å². The van der Waals surface area contributed by atoms with E-state index in [0.29, 0.717) is 29.4 Å². The molecule has 2 heterocycles. The van der Waals surface area contributed by atoms with Crippen LogP contribution in [0.15, 0.2) is 4.99 Å². The first kappa shape index (κ1) is 19.5. The highest BCUT2D eigenvalue weighted by Gasteiger charge is 2.65. The fourth-order valence-corrected chi connectivity index (χ4v) is 6.04. The van der Waals surface area contributed by atoms with Crippen LogP contribution in [0.5, 0.6) is 0 Å². The summed E-state index contributed by atoms with van der Waals surface area (Å²) in [5.74, 6) is 2.30. The van der Waals surface area contributed by atoms with Crippen LogP contribution >= 0.6 is 0 Å². The van der Waals surface area contributed by atoms with E-state index in [2.05, 4.69) is 34.4 Å². The van der Waals surface area contributed by atoms with E-state index >= 15 is 0 Å². The van der Waals surface area contributed by atoms with Gasteiger partial charge in [-0.2, -0.15) is 0 Å². The Bertz CT molecular complexity index is 532. The van der Waals surface area contributed by atoms with E-state index in [1.165, 1.54) is 32.1 Å². The molecule has 0 aromatic rings. The molecule has 4 rings (SSSR count). The van der Waals surface area contributed by atoms with Crippen molar-refractivity contribution in [1.82, 2.24) is 15.5 Å². The molecular weight excluding hydrogens is 340 g/mol. The van der Waals surface area contributed by atoms with Crippen LogP contribution in [0.3, 0.4) is 0 Å². The minimum absolute atomic E-state index is 0.237. The number of guanidine groups is 1. The number of nitrogens with one attached hydrogen (secondary N) is 2. The standard InChI is InChI=1S/C21H38N4O2/c1-15(2)13-25-9-11-26-16(14-25)12-23-20(22-3)24-18-17-6-10-27-19(17)21(18)7-4-5-8-21/h15-19H,4-14H2,1-3H3,(H2,22,23,24). The van der Waals surface area contributed by atoms with Gasteiger partial charge in [-0.3, -0.25) is 9.89 Å². The van der Waals surface area contributed by atoms with E-state index in [9.17, 15) is 0 Å². The van der Waals surface area contributed by atoms with E-state index in [1.54, 1.807) is 0 Å². The van der Waals surface area contributed by atoms with Gasteiger partial charge in [0.2, 0.25) is 0 Å². The summed E-state index contributed by atoms with van der Waals surface area (Å²) in [5, 5.41) is 7.32. The number of morpholine rings is 1.